The Balaban J connectivity index is 4.03. The summed E-state index contributed by atoms with van der Waals surface area (Å²) >= 11 is 1.93. The molecule has 3 nitrogen and oxygen atoms in total. The van der Waals surface area contributed by atoms with Gasteiger partial charge in [-0.15, -0.1) is 0 Å². The van der Waals surface area contributed by atoms with Gasteiger partial charge in [-0.25, -0.2) is 0 Å². The van der Waals surface area contributed by atoms with Crippen molar-refractivity contribution in [1.29, 1.82) is 0 Å². The van der Waals surface area contributed by atoms with Crippen LogP contribution in [-0.4, -0.2) is 37.1 Å². The van der Waals surface area contributed by atoms with Crippen molar-refractivity contribution < 1.29 is 13.0 Å². The van der Waals surface area contributed by atoms with Gasteiger partial charge in [-0.3, -0.25) is 0 Å². The van der Waals surface area contributed by atoms with Crippen molar-refractivity contribution in [2.24, 2.45) is 0 Å². The molecular weight excluding hydrogens is 250 g/mol. The Labute approximate surface area is 69.3 Å². The summed E-state index contributed by atoms with van der Waals surface area (Å²) in [7, 11) is -3.93. The number of hydrogen-bond donors (Lipinski definition) is 1. The molecule has 0 aromatic heterocycles. The van der Waals surface area contributed by atoms with Crippen molar-refractivity contribution in [2.45, 2.75) is 0 Å². The van der Waals surface area contributed by atoms with E-state index in [0.717, 1.165) is 0 Å². The van der Waals surface area contributed by atoms with Crippen LogP contribution in [-0.2, 0) is 9.97 Å². The molecule has 0 unspecified atom stereocenters. The molecule has 0 radical (unpaired) electrons. The summed E-state index contributed by atoms with van der Waals surface area (Å²) < 4.78 is 29.6. The van der Waals surface area contributed by atoms with E-state index >= 15 is 0 Å². The number of hydrogen-bond acceptors (Lipinski definition) is 2. The van der Waals surface area contributed by atoms with E-state index in [2.05, 4.69) is 0 Å². The van der Waals surface area contributed by atoms with Crippen LogP contribution in [0, 0.1) is 0 Å². The van der Waals surface area contributed by atoms with Gasteiger partial charge in [0, 0.05) is 0 Å². The van der Waals surface area contributed by atoms with E-state index in [4.69, 9.17) is 4.55 Å². The van der Waals surface area contributed by atoms with Crippen molar-refractivity contribution in [3.8, 4) is 0 Å². The van der Waals surface area contributed by atoms with Gasteiger partial charge < -0.3 is 0 Å². The van der Waals surface area contributed by atoms with Gasteiger partial charge in [-0.2, -0.15) is 0 Å². The van der Waals surface area contributed by atoms with Crippen molar-refractivity contribution in [2.75, 3.05) is 0 Å². The SMILES string of the molecule is O=S(=O)(O)B=BB=BI. The predicted octanol–water partition coefficient (Wildman–Crippen LogP) is -1.30. The van der Waals surface area contributed by atoms with Gasteiger partial charge in [0.1, 0.15) is 0 Å². The zero-order chi connectivity index (χ0) is 7.33. The van der Waals surface area contributed by atoms with Crippen LogP contribution < -0.4 is 0 Å². The summed E-state index contributed by atoms with van der Waals surface area (Å²) in [6.45, 7) is 2.73. The van der Waals surface area contributed by atoms with Crippen LogP contribution in [0.4, 0.5) is 0 Å². The third-order valence-corrected chi connectivity index (χ3v) is 1.35. The summed E-state index contributed by atoms with van der Waals surface area (Å²) in [5.74, 6) is 0. The Bertz CT molecular complexity index is 214. The third-order valence-electron chi connectivity index (χ3n) is 0.434. The van der Waals surface area contributed by atoms with Crippen LogP contribution in [0.3, 0.4) is 0 Å². The van der Waals surface area contributed by atoms with Gasteiger partial charge in [-0.1, -0.05) is 0 Å². The van der Waals surface area contributed by atoms with Crippen LogP contribution in [0.1, 0.15) is 0 Å². The monoisotopic (exact) mass is 252 g/mol. The van der Waals surface area contributed by atoms with Crippen LogP contribution in [0.25, 0.3) is 0 Å². The quantitative estimate of drug-likeness (QED) is 0.377. The molecule has 0 aromatic rings. The molecule has 44 valence electrons. The fourth-order valence-corrected chi connectivity index (χ4v) is 0.716. The van der Waals surface area contributed by atoms with E-state index < -0.39 is 9.97 Å². The van der Waals surface area contributed by atoms with E-state index in [1.807, 2.05) is 22.4 Å². The molecule has 0 spiro atoms. The molecule has 0 aliphatic carbocycles. The maximum atomic E-state index is 9.94. The number of rotatable bonds is 2. The zero-order valence-corrected chi connectivity index (χ0v) is 7.33. The van der Waals surface area contributed by atoms with E-state index in [9.17, 15) is 8.42 Å². The Hall–Kier alpha value is 0.900. The fourth-order valence-electron chi connectivity index (χ4n) is 0.187. The summed E-state index contributed by atoms with van der Waals surface area (Å²) in [6.07, 6.45) is 0.710. The molecule has 0 saturated heterocycles. The standard InChI is InChI=1S/B4HIO3S/c5-3-1-2-4-9(6,7)8/h(H,6,7,8). The van der Waals surface area contributed by atoms with Gasteiger partial charge in [0.15, 0.2) is 0 Å². The van der Waals surface area contributed by atoms with E-state index in [0.29, 0.717) is 6.08 Å². The molecule has 9 heavy (non-hydrogen) atoms. The first kappa shape index (κ1) is 9.90. The van der Waals surface area contributed by atoms with Crippen molar-refractivity contribution >= 4 is 56.5 Å². The maximum absolute atomic E-state index is 9.94. The molecule has 1 N–H and O–H groups in total. The van der Waals surface area contributed by atoms with Gasteiger partial charge in [0.2, 0.25) is 0 Å². The van der Waals surface area contributed by atoms with Crippen molar-refractivity contribution in [3.63, 3.8) is 0 Å². The van der Waals surface area contributed by atoms with Gasteiger partial charge in [0.25, 0.3) is 0 Å². The molecule has 9 heteroatoms. The average Bonchev–Trinajstić information content (AvgIpc) is 1.63. The van der Waals surface area contributed by atoms with Crippen LogP contribution in [0.2, 0.25) is 0 Å². The van der Waals surface area contributed by atoms with Crippen molar-refractivity contribution in [3.05, 3.63) is 0 Å². The first-order valence-electron chi connectivity index (χ1n) is 1.97. The summed E-state index contributed by atoms with van der Waals surface area (Å²) in [5, 5.41) is 0. The number of halogens is 1. The Kier molecular flexibility index (Phi) is 5.14. The minimum absolute atomic E-state index is 0.710. The van der Waals surface area contributed by atoms with E-state index in [-0.39, 0.29) is 0 Å². The van der Waals surface area contributed by atoms with Gasteiger partial charge in [-0.05, 0) is 0 Å². The molecule has 0 saturated carbocycles. The molecular formula is HB4IO3S. The molecule has 0 aromatic carbocycles. The zero-order valence-electron chi connectivity index (χ0n) is 4.36. The predicted molar refractivity (Wildman–Crippen MR) is 48.6 cm³/mol. The van der Waals surface area contributed by atoms with Crippen LogP contribution >= 0.6 is 22.4 Å². The molecule has 0 amide bonds. The summed E-state index contributed by atoms with van der Waals surface area (Å²) in [4.78, 5) is 0. The van der Waals surface area contributed by atoms with E-state index in [1.165, 1.54) is 13.4 Å². The average molecular weight is 251 g/mol. The molecule has 0 atom stereocenters. The molecule has 0 aliphatic rings. The second kappa shape index (κ2) is 4.67. The topological polar surface area (TPSA) is 54.4 Å². The fraction of sp³-hybridized carbons (Fsp3) is 0. The molecule has 0 aliphatic heterocycles. The molecule has 0 fully saturated rings. The first-order chi connectivity index (χ1) is 4.06. The molecule has 0 bridgehead atoms. The minimum atomic E-state index is -3.93. The van der Waals surface area contributed by atoms with Crippen LogP contribution in [0.15, 0.2) is 0 Å². The summed E-state index contributed by atoms with van der Waals surface area (Å²) in [5.41, 5.74) is 0. The Morgan fingerprint density at radius 1 is 1.33 bits per heavy atom. The van der Waals surface area contributed by atoms with Crippen molar-refractivity contribution in [1.82, 2.24) is 0 Å². The molecule has 0 heterocycles. The Morgan fingerprint density at radius 2 is 1.89 bits per heavy atom. The Morgan fingerprint density at radius 3 is 2.22 bits per heavy atom. The summed E-state index contributed by atoms with van der Waals surface area (Å²) in [6, 6.07) is 0. The third kappa shape index (κ3) is 8.90. The molecule has 0 rings (SSSR count). The normalized spacial score (nSPS) is 10.0. The van der Waals surface area contributed by atoms with Gasteiger partial charge >= 0.3 is 69.4 Å². The second-order valence-corrected chi connectivity index (χ2v) is 3.18. The second-order valence-electron chi connectivity index (χ2n) is 1.16. The van der Waals surface area contributed by atoms with Gasteiger partial charge in [0.05, 0.1) is 0 Å². The van der Waals surface area contributed by atoms with Crippen LogP contribution in [0.5, 0.6) is 0 Å². The van der Waals surface area contributed by atoms with E-state index in [1.54, 1.807) is 4.66 Å². The first-order valence-corrected chi connectivity index (χ1v) is 4.72.